The van der Waals surface area contributed by atoms with Crippen LogP contribution in [-0.2, 0) is 35.4 Å². The maximum atomic E-state index is 13.8. The van der Waals surface area contributed by atoms with Gasteiger partial charge in [0.1, 0.15) is 13.2 Å². The normalized spacial score (nSPS) is 22.7. The van der Waals surface area contributed by atoms with Gasteiger partial charge in [0.15, 0.2) is 5.92 Å². The number of halogens is 3. The molecule has 1 heterocycles. The lowest BCUT2D eigenvalue weighted by Crippen LogP contribution is -2.61. The standard InChI is InChI=1S/C29H35F3N2O4/c1-3-21-14-23(10-11-24(21)15-34(37)16-25(17-34)28(35)36)19(2)33-38-18-20-9-12-26(22-7-5-4-6-8-22)27(13-20)29(30,31)32/h9-14,22,25H,3-8,15-18H2,1-2H3,(H,35,36)/b33-19+. The SMILES string of the molecule is CCc1cc(/C(C)=N/OCc2ccc(C3CCCCC3)c(C(F)(F)F)c2)ccc1C[N+]1([O-])CC(C(=O)O)C1. The van der Waals surface area contributed by atoms with Crippen LogP contribution in [0, 0.1) is 11.1 Å². The molecule has 1 saturated heterocycles. The van der Waals surface area contributed by atoms with E-state index in [2.05, 4.69) is 5.16 Å². The average Bonchev–Trinajstić information content (AvgIpc) is 2.87. The number of rotatable bonds is 9. The lowest BCUT2D eigenvalue weighted by molar-refractivity contribution is -0.938. The molecule has 0 radical (unpaired) electrons. The van der Waals surface area contributed by atoms with Crippen molar-refractivity contribution in [2.45, 2.75) is 77.6 Å². The van der Waals surface area contributed by atoms with Gasteiger partial charge in [0.2, 0.25) is 0 Å². The third-order valence-electron chi connectivity index (χ3n) is 7.82. The molecule has 0 atom stereocenters. The highest BCUT2D eigenvalue weighted by molar-refractivity contribution is 5.98. The lowest BCUT2D eigenvalue weighted by atomic mass is 9.81. The van der Waals surface area contributed by atoms with Crippen molar-refractivity contribution < 1.29 is 32.6 Å². The first kappa shape index (κ1) is 28.1. The first-order valence-electron chi connectivity index (χ1n) is 13.3. The molecule has 2 fully saturated rings. The largest absolute Gasteiger partial charge is 0.633 e. The first-order chi connectivity index (χ1) is 18.0. The van der Waals surface area contributed by atoms with Crippen LogP contribution < -0.4 is 0 Å². The molecule has 2 aromatic rings. The number of carboxylic acids is 1. The van der Waals surface area contributed by atoms with Crippen LogP contribution in [0.5, 0.6) is 0 Å². The fourth-order valence-corrected chi connectivity index (χ4v) is 5.64. The summed E-state index contributed by atoms with van der Waals surface area (Å²) in [6, 6.07) is 10.1. The number of hydrogen-bond donors (Lipinski definition) is 1. The number of alkyl halides is 3. The summed E-state index contributed by atoms with van der Waals surface area (Å²) in [6.07, 6.45) is 0.850. The lowest BCUT2D eigenvalue weighted by Gasteiger charge is -2.53. The van der Waals surface area contributed by atoms with Crippen LogP contribution in [0.1, 0.15) is 85.3 Å². The smallest absolute Gasteiger partial charge is 0.416 e. The average molecular weight is 533 g/mol. The molecule has 0 unspecified atom stereocenters. The molecule has 0 aromatic heterocycles. The quantitative estimate of drug-likeness (QED) is 0.167. The number of oxime groups is 1. The molecule has 0 spiro atoms. The highest BCUT2D eigenvalue weighted by Crippen LogP contribution is 2.41. The number of nitrogens with zero attached hydrogens (tertiary/aromatic N) is 2. The van der Waals surface area contributed by atoms with Gasteiger partial charge in [-0.1, -0.05) is 55.6 Å². The Morgan fingerprint density at radius 3 is 2.45 bits per heavy atom. The zero-order valence-electron chi connectivity index (χ0n) is 21.9. The van der Waals surface area contributed by atoms with Gasteiger partial charge in [-0.15, -0.1) is 0 Å². The van der Waals surface area contributed by atoms with Crippen molar-refractivity contribution in [2.24, 2.45) is 11.1 Å². The van der Waals surface area contributed by atoms with E-state index in [1.165, 1.54) is 6.07 Å². The fourth-order valence-electron chi connectivity index (χ4n) is 5.64. The third kappa shape index (κ3) is 6.56. The molecule has 2 aliphatic rings. The number of aryl methyl sites for hydroxylation is 1. The van der Waals surface area contributed by atoms with E-state index in [0.29, 0.717) is 23.3 Å². The van der Waals surface area contributed by atoms with Gasteiger partial charge in [0.05, 0.1) is 24.4 Å². The molecule has 0 bridgehead atoms. The Kier molecular flexibility index (Phi) is 8.47. The maximum absolute atomic E-state index is 13.8. The minimum Gasteiger partial charge on any atom is -0.633 e. The van der Waals surface area contributed by atoms with Gasteiger partial charge < -0.3 is 19.8 Å². The van der Waals surface area contributed by atoms with E-state index in [9.17, 15) is 23.2 Å². The molecule has 1 N–H and O–H groups in total. The van der Waals surface area contributed by atoms with E-state index in [1.807, 2.05) is 25.1 Å². The van der Waals surface area contributed by atoms with Crippen LogP contribution in [0.15, 0.2) is 41.6 Å². The summed E-state index contributed by atoms with van der Waals surface area (Å²) in [5.74, 6) is -1.56. The predicted molar refractivity (Wildman–Crippen MR) is 138 cm³/mol. The highest BCUT2D eigenvalue weighted by atomic mass is 19.4. The minimum atomic E-state index is -4.42. The fraction of sp³-hybridized carbons (Fsp3) is 0.517. The summed E-state index contributed by atoms with van der Waals surface area (Å²) in [5, 5.41) is 26.0. The van der Waals surface area contributed by atoms with Crippen molar-refractivity contribution in [3.8, 4) is 0 Å². The number of aliphatic carboxylic acids is 1. The van der Waals surface area contributed by atoms with Crippen LogP contribution in [0.4, 0.5) is 13.2 Å². The summed E-state index contributed by atoms with van der Waals surface area (Å²) >= 11 is 0. The monoisotopic (exact) mass is 532 g/mol. The molecule has 1 aliphatic heterocycles. The zero-order chi connectivity index (χ0) is 27.5. The number of hydroxylamine groups is 3. The molecule has 0 amide bonds. The maximum Gasteiger partial charge on any atom is 0.416 e. The summed E-state index contributed by atoms with van der Waals surface area (Å²) in [6.45, 7) is 4.03. The minimum absolute atomic E-state index is 0.0514. The Morgan fingerprint density at radius 1 is 1.11 bits per heavy atom. The molecule has 2 aromatic carbocycles. The predicted octanol–water partition coefficient (Wildman–Crippen LogP) is 6.79. The van der Waals surface area contributed by atoms with Gasteiger partial charge in [-0.2, -0.15) is 13.2 Å². The van der Waals surface area contributed by atoms with E-state index >= 15 is 0 Å². The van der Waals surface area contributed by atoms with E-state index in [4.69, 9.17) is 9.94 Å². The van der Waals surface area contributed by atoms with Crippen molar-refractivity contribution in [1.29, 1.82) is 0 Å². The summed E-state index contributed by atoms with van der Waals surface area (Å²) in [4.78, 5) is 16.5. The van der Waals surface area contributed by atoms with E-state index in [0.717, 1.165) is 48.8 Å². The molecule has 6 nitrogen and oxygen atoms in total. The van der Waals surface area contributed by atoms with Crippen molar-refractivity contribution in [2.75, 3.05) is 13.1 Å². The van der Waals surface area contributed by atoms with Crippen LogP contribution in [-0.4, -0.2) is 34.5 Å². The summed E-state index contributed by atoms with van der Waals surface area (Å²) < 4.78 is 40.9. The van der Waals surface area contributed by atoms with Crippen LogP contribution >= 0.6 is 0 Å². The molecule has 9 heteroatoms. The van der Waals surface area contributed by atoms with E-state index in [-0.39, 0.29) is 32.2 Å². The van der Waals surface area contributed by atoms with E-state index in [1.54, 1.807) is 19.1 Å². The third-order valence-corrected chi connectivity index (χ3v) is 7.82. The number of hydrogen-bond acceptors (Lipinski definition) is 4. The van der Waals surface area contributed by atoms with Crippen molar-refractivity contribution in [1.82, 2.24) is 0 Å². The second-order valence-electron chi connectivity index (χ2n) is 10.7. The number of quaternary nitrogens is 1. The molecule has 38 heavy (non-hydrogen) atoms. The topological polar surface area (TPSA) is 82.0 Å². The number of carbonyl (C=O) groups is 1. The van der Waals surface area contributed by atoms with Crippen molar-refractivity contribution in [3.05, 3.63) is 75.0 Å². The zero-order valence-corrected chi connectivity index (χ0v) is 21.9. The van der Waals surface area contributed by atoms with E-state index < -0.39 is 28.3 Å². The van der Waals surface area contributed by atoms with Gasteiger partial charge in [-0.3, -0.25) is 4.79 Å². The molecule has 206 valence electrons. The molecule has 1 saturated carbocycles. The second kappa shape index (κ2) is 11.5. The van der Waals surface area contributed by atoms with Crippen LogP contribution in [0.3, 0.4) is 0 Å². The number of benzene rings is 2. The van der Waals surface area contributed by atoms with Gasteiger partial charge in [0, 0.05) is 5.56 Å². The molecular formula is C29H35F3N2O4. The Bertz CT molecular complexity index is 1180. The van der Waals surface area contributed by atoms with Crippen molar-refractivity contribution in [3.63, 3.8) is 0 Å². The highest BCUT2D eigenvalue weighted by Gasteiger charge is 2.42. The van der Waals surface area contributed by atoms with Gasteiger partial charge >= 0.3 is 12.1 Å². The van der Waals surface area contributed by atoms with Crippen LogP contribution in [0.2, 0.25) is 0 Å². The van der Waals surface area contributed by atoms with Crippen molar-refractivity contribution >= 4 is 11.7 Å². The number of carboxylic acid groups (broad SMARTS) is 1. The van der Waals surface area contributed by atoms with Crippen LogP contribution in [0.25, 0.3) is 0 Å². The Hall–Kier alpha value is -2.91. The first-order valence-corrected chi connectivity index (χ1v) is 13.3. The Labute approximate surface area is 221 Å². The molecular weight excluding hydrogens is 497 g/mol. The van der Waals surface area contributed by atoms with Gasteiger partial charge in [-0.25, -0.2) is 0 Å². The number of likely N-dealkylation sites (tertiary alicyclic amines) is 1. The Morgan fingerprint density at radius 2 is 1.82 bits per heavy atom. The summed E-state index contributed by atoms with van der Waals surface area (Å²) in [7, 11) is 0. The van der Waals surface area contributed by atoms with Gasteiger partial charge in [-0.05, 0) is 66.5 Å². The molecule has 1 aliphatic carbocycles. The second-order valence-corrected chi connectivity index (χ2v) is 10.7. The Balaban J connectivity index is 1.42. The molecule has 4 rings (SSSR count). The summed E-state index contributed by atoms with van der Waals surface area (Å²) in [5.41, 5.74) is 3.42. The van der Waals surface area contributed by atoms with Gasteiger partial charge in [0.25, 0.3) is 0 Å².